The third-order valence-corrected chi connectivity index (χ3v) is 5.80. The van der Waals surface area contributed by atoms with Crippen molar-refractivity contribution in [2.45, 2.75) is 45.3 Å². The Bertz CT molecular complexity index is 780. The van der Waals surface area contributed by atoms with Gasteiger partial charge in [-0.15, -0.1) is 0 Å². The molecule has 2 aromatic carbocycles. The van der Waals surface area contributed by atoms with Crippen LogP contribution in [0.2, 0.25) is 0 Å². The Kier molecular flexibility index (Phi) is 5.98. The highest BCUT2D eigenvalue weighted by Crippen LogP contribution is 2.33. The monoisotopic (exact) mass is 366 g/mol. The van der Waals surface area contributed by atoms with Gasteiger partial charge in [-0.25, -0.2) is 0 Å². The number of carbonyl (C=O) groups excluding carboxylic acids is 1. The van der Waals surface area contributed by atoms with Gasteiger partial charge in [-0.2, -0.15) is 0 Å². The maximum Gasteiger partial charge on any atom is 0.217 e. The van der Waals surface area contributed by atoms with Gasteiger partial charge in [0, 0.05) is 26.6 Å². The Morgan fingerprint density at radius 2 is 1.78 bits per heavy atom. The van der Waals surface area contributed by atoms with Crippen LogP contribution in [0.1, 0.15) is 48.1 Å². The first-order chi connectivity index (χ1) is 12.9. The standard InChI is InChI=1S/C23H30N2O2/c1-17-9-10-20(15-18(17)2)22(27)16-25-13-11-23(12-14-25,24-19(3)26)21-7-5-4-6-8-21/h4-10,15,22,27H,11-14,16H2,1-3H3,(H,24,26). The second kappa shape index (κ2) is 8.24. The van der Waals surface area contributed by atoms with Crippen LogP contribution in [-0.4, -0.2) is 35.5 Å². The van der Waals surface area contributed by atoms with E-state index in [1.54, 1.807) is 6.92 Å². The summed E-state index contributed by atoms with van der Waals surface area (Å²) in [7, 11) is 0. The largest absolute Gasteiger partial charge is 0.387 e. The molecule has 0 spiro atoms. The summed E-state index contributed by atoms with van der Waals surface area (Å²) in [5, 5.41) is 13.9. The van der Waals surface area contributed by atoms with Crippen LogP contribution in [0, 0.1) is 13.8 Å². The van der Waals surface area contributed by atoms with E-state index in [1.807, 2.05) is 24.3 Å². The summed E-state index contributed by atoms with van der Waals surface area (Å²) >= 11 is 0. The number of likely N-dealkylation sites (tertiary alicyclic amines) is 1. The number of aliphatic hydroxyl groups excluding tert-OH is 1. The van der Waals surface area contributed by atoms with E-state index in [0.29, 0.717) is 6.54 Å². The molecule has 1 heterocycles. The summed E-state index contributed by atoms with van der Waals surface area (Å²) in [4.78, 5) is 14.1. The summed E-state index contributed by atoms with van der Waals surface area (Å²) < 4.78 is 0. The molecule has 2 aromatic rings. The molecule has 0 saturated carbocycles. The molecule has 1 fully saturated rings. The summed E-state index contributed by atoms with van der Waals surface area (Å²) in [5.74, 6) is 0.00229. The smallest absolute Gasteiger partial charge is 0.217 e. The molecule has 0 aromatic heterocycles. The Morgan fingerprint density at radius 3 is 2.37 bits per heavy atom. The Balaban J connectivity index is 1.67. The van der Waals surface area contributed by atoms with E-state index < -0.39 is 6.10 Å². The van der Waals surface area contributed by atoms with Gasteiger partial charge in [0.05, 0.1) is 11.6 Å². The molecule has 0 aliphatic carbocycles. The van der Waals surface area contributed by atoms with Gasteiger partial charge in [-0.05, 0) is 48.9 Å². The minimum Gasteiger partial charge on any atom is -0.387 e. The van der Waals surface area contributed by atoms with Gasteiger partial charge < -0.3 is 15.3 Å². The summed E-state index contributed by atoms with van der Waals surface area (Å²) in [5.41, 5.74) is 4.27. The van der Waals surface area contributed by atoms with Crippen molar-refractivity contribution in [3.8, 4) is 0 Å². The molecule has 1 amide bonds. The summed E-state index contributed by atoms with van der Waals surface area (Å²) in [6.07, 6.45) is 1.20. The molecular formula is C23H30N2O2. The number of aliphatic hydroxyl groups is 1. The van der Waals surface area contributed by atoms with Crippen molar-refractivity contribution in [3.05, 3.63) is 70.8 Å². The molecule has 3 rings (SSSR count). The zero-order valence-electron chi connectivity index (χ0n) is 16.5. The third kappa shape index (κ3) is 4.57. The Labute approximate surface area is 162 Å². The molecule has 1 aliphatic rings. The number of hydrogen-bond donors (Lipinski definition) is 2. The van der Waals surface area contributed by atoms with Gasteiger partial charge in [-0.3, -0.25) is 4.79 Å². The zero-order valence-corrected chi connectivity index (χ0v) is 16.5. The maximum absolute atomic E-state index is 11.8. The lowest BCUT2D eigenvalue weighted by molar-refractivity contribution is -0.121. The average Bonchev–Trinajstić information content (AvgIpc) is 2.66. The van der Waals surface area contributed by atoms with E-state index in [9.17, 15) is 9.90 Å². The van der Waals surface area contributed by atoms with Crippen molar-refractivity contribution >= 4 is 5.91 Å². The van der Waals surface area contributed by atoms with Crippen LogP contribution in [0.25, 0.3) is 0 Å². The van der Waals surface area contributed by atoms with Gasteiger partial charge in [0.1, 0.15) is 0 Å². The molecule has 1 saturated heterocycles. The van der Waals surface area contributed by atoms with Crippen LogP contribution < -0.4 is 5.32 Å². The lowest BCUT2D eigenvalue weighted by atomic mass is 9.80. The maximum atomic E-state index is 11.8. The fourth-order valence-corrected chi connectivity index (χ4v) is 4.02. The molecule has 1 atom stereocenters. The average molecular weight is 367 g/mol. The number of carbonyl (C=O) groups is 1. The molecule has 0 bridgehead atoms. The number of rotatable bonds is 5. The van der Waals surface area contributed by atoms with E-state index in [1.165, 1.54) is 11.1 Å². The van der Waals surface area contributed by atoms with Crippen LogP contribution >= 0.6 is 0 Å². The highest BCUT2D eigenvalue weighted by atomic mass is 16.3. The first kappa shape index (κ1) is 19.6. The van der Waals surface area contributed by atoms with Crippen LogP contribution in [-0.2, 0) is 10.3 Å². The van der Waals surface area contributed by atoms with Crippen molar-refractivity contribution in [1.82, 2.24) is 10.2 Å². The second-order valence-corrected chi connectivity index (χ2v) is 7.79. The predicted molar refractivity (Wildman–Crippen MR) is 108 cm³/mol. The van der Waals surface area contributed by atoms with Crippen LogP contribution in [0.3, 0.4) is 0 Å². The van der Waals surface area contributed by atoms with Crippen molar-refractivity contribution in [2.75, 3.05) is 19.6 Å². The van der Waals surface area contributed by atoms with Gasteiger partial charge in [-0.1, -0.05) is 48.5 Å². The van der Waals surface area contributed by atoms with Crippen molar-refractivity contribution in [1.29, 1.82) is 0 Å². The SMILES string of the molecule is CC(=O)NC1(c2ccccc2)CCN(CC(O)c2ccc(C)c(C)c2)CC1. The van der Waals surface area contributed by atoms with Crippen LogP contribution in [0.15, 0.2) is 48.5 Å². The van der Waals surface area contributed by atoms with Gasteiger partial charge in [0.25, 0.3) is 0 Å². The minimum atomic E-state index is -0.491. The lowest BCUT2D eigenvalue weighted by Gasteiger charge is -2.43. The first-order valence-corrected chi connectivity index (χ1v) is 9.71. The molecule has 0 radical (unpaired) electrons. The van der Waals surface area contributed by atoms with E-state index in [2.05, 4.69) is 48.3 Å². The number of piperidine rings is 1. The fraction of sp³-hybridized carbons (Fsp3) is 0.435. The van der Waals surface area contributed by atoms with E-state index in [-0.39, 0.29) is 11.4 Å². The molecule has 2 N–H and O–H groups in total. The highest BCUT2D eigenvalue weighted by molar-refractivity contribution is 5.74. The lowest BCUT2D eigenvalue weighted by Crippen LogP contribution is -2.53. The number of β-amino-alcohol motifs (C(OH)–C–C–N with tert-alkyl or cyclic N) is 1. The molecule has 27 heavy (non-hydrogen) atoms. The molecule has 1 unspecified atom stereocenters. The fourth-order valence-electron chi connectivity index (χ4n) is 4.02. The van der Waals surface area contributed by atoms with Gasteiger partial charge in [0.2, 0.25) is 5.91 Å². The molecule has 4 heteroatoms. The molecular weight excluding hydrogens is 336 g/mol. The van der Waals surface area contributed by atoms with E-state index in [4.69, 9.17) is 0 Å². The predicted octanol–water partition coefficient (Wildman–Crippen LogP) is 3.46. The first-order valence-electron chi connectivity index (χ1n) is 9.71. The topological polar surface area (TPSA) is 52.6 Å². The highest BCUT2D eigenvalue weighted by Gasteiger charge is 2.37. The quantitative estimate of drug-likeness (QED) is 0.852. The number of aryl methyl sites for hydroxylation is 2. The Hall–Kier alpha value is -2.17. The Morgan fingerprint density at radius 1 is 1.11 bits per heavy atom. The van der Waals surface area contributed by atoms with E-state index in [0.717, 1.165) is 37.1 Å². The van der Waals surface area contributed by atoms with Crippen LogP contribution in [0.4, 0.5) is 0 Å². The summed E-state index contributed by atoms with van der Waals surface area (Å²) in [6, 6.07) is 16.4. The van der Waals surface area contributed by atoms with Gasteiger partial charge in [0.15, 0.2) is 0 Å². The molecule has 4 nitrogen and oxygen atoms in total. The summed E-state index contributed by atoms with van der Waals surface area (Å²) in [6.45, 7) is 8.05. The van der Waals surface area contributed by atoms with Crippen LogP contribution in [0.5, 0.6) is 0 Å². The second-order valence-electron chi connectivity index (χ2n) is 7.79. The van der Waals surface area contributed by atoms with Crippen molar-refractivity contribution < 1.29 is 9.90 Å². The number of hydrogen-bond acceptors (Lipinski definition) is 3. The van der Waals surface area contributed by atoms with E-state index >= 15 is 0 Å². The number of nitrogens with zero attached hydrogens (tertiary/aromatic N) is 1. The van der Waals surface area contributed by atoms with Crippen molar-refractivity contribution in [2.24, 2.45) is 0 Å². The van der Waals surface area contributed by atoms with Crippen molar-refractivity contribution in [3.63, 3.8) is 0 Å². The molecule has 144 valence electrons. The number of amides is 1. The third-order valence-electron chi connectivity index (χ3n) is 5.80. The zero-order chi connectivity index (χ0) is 19.4. The minimum absolute atomic E-state index is 0.00229. The number of benzene rings is 2. The molecule has 1 aliphatic heterocycles. The van der Waals surface area contributed by atoms with Gasteiger partial charge >= 0.3 is 0 Å². The number of nitrogens with one attached hydrogen (secondary N) is 1. The normalized spacial score (nSPS) is 18.1.